The summed E-state index contributed by atoms with van der Waals surface area (Å²) in [6.07, 6.45) is 1.12. The molecule has 0 amide bonds. The molecule has 0 aliphatic heterocycles. The van der Waals surface area contributed by atoms with Gasteiger partial charge in [-0.2, -0.15) is 0 Å². The lowest BCUT2D eigenvalue weighted by molar-refractivity contribution is 0.478. The highest BCUT2D eigenvalue weighted by Gasteiger charge is 2.04. The number of hydrogen-bond acceptors (Lipinski definition) is 1. The Kier molecular flexibility index (Phi) is 4.03. The molecule has 0 unspecified atom stereocenters. The van der Waals surface area contributed by atoms with E-state index in [1.807, 2.05) is 30.3 Å². The second kappa shape index (κ2) is 5.72. The quantitative estimate of drug-likeness (QED) is 0.732. The highest BCUT2D eigenvalue weighted by atomic mass is 16.5. The van der Waals surface area contributed by atoms with Gasteiger partial charge in [0.05, 0.1) is 0 Å². The molecular weight excluding hydrogens is 220 g/mol. The van der Waals surface area contributed by atoms with Crippen LogP contribution in [-0.2, 0) is 6.42 Å². The zero-order valence-electron chi connectivity index (χ0n) is 11.3. The Bertz CT molecular complexity index is 500. The zero-order chi connectivity index (χ0) is 13.0. The molecule has 0 atom stereocenters. The predicted octanol–water partition coefficient (Wildman–Crippen LogP) is 4.99. The first-order valence-corrected chi connectivity index (χ1v) is 6.47. The van der Waals surface area contributed by atoms with E-state index in [4.69, 9.17) is 4.74 Å². The number of aryl methyl sites for hydroxylation is 1. The fraction of sp³-hybridized carbons (Fsp3) is 0.294. The van der Waals surface area contributed by atoms with Crippen molar-refractivity contribution in [3.8, 4) is 11.5 Å². The van der Waals surface area contributed by atoms with E-state index in [0.717, 1.165) is 17.9 Å². The largest absolute Gasteiger partial charge is 0.457 e. The minimum atomic E-state index is 0.685. The van der Waals surface area contributed by atoms with Gasteiger partial charge in [-0.1, -0.05) is 44.2 Å². The van der Waals surface area contributed by atoms with Crippen molar-refractivity contribution >= 4 is 0 Å². The van der Waals surface area contributed by atoms with E-state index in [-0.39, 0.29) is 0 Å². The summed E-state index contributed by atoms with van der Waals surface area (Å²) in [7, 11) is 0. The summed E-state index contributed by atoms with van der Waals surface area (Å²) in [5, 5.41) is 0. The molecule has 1 heteroatoms. The van der Waals surface area contributed by atoms with E-state index in [0.29, 0.717) is 5.92 Å². The molecule has 0 aromatic heterocycles. The molecule has 2 rings (SSSR count). The van der Waals surface area contributed by atoms with Gasteiger partial charge in [0.25, 0.3) is 0 Å². The molecule has 0 saturated heterocycles. The van der Waals surface area contributed by atoms with Gasteiger partial charge in [0, 0.05) is 0 Å². The Morgan fingerprint density at radius 2 is 1.72 bits per heavy atom. The van der Waals surface area contributed by atoms with E-state index in [9.17, 15) is 0 Å². The smallest absolute Gasteiger partial charge is 0.130 e. The minimum absolute atomic E-state index is 0.685. The molecule has 0 heterocycles. The van der Waals surface area contributed by atoms with Crippen LogP contribution < -0.4 is 4.74 Å². The van der Waals surface area contributed by atoms with Crippen molar-refractivity contribution in [2.75, 3.05) is 0 Å². The second-order valence-corrected chi connectivity index (χ2v) is 5.11. The molecule has 0 spiro atoms. The van der Waals surface area contributed by atoms with Crippen molar-refractivity contribution in [3.63, 3.8) is 0 Å². The van der Waals surface area contributed by atoms with Crippen LogP contribution in [0.15, 0.2) is 48.5 Å². The Morgan fingerprint density at radius 1 is 1.00 bits per heavy atom. The van der Waals surface area contributed by atoms with Crippen molar-refractivity contribution in [3.05, 3.63) is 59.7 Å². The molecule has 0 N–H and O–H groups in total. The monoisotopic (exact) mass is 240 g/mol. The van der Waals surface area contributed by atoms with Crippen LogP contribution in [0.2, 0.25) is 0 Å². The third-order valence-electron chi connectivity index (χ3n) is 2.85. The first-order chi connectivity index (χ1) is 8.65. The van der Waals surface area contributed by atoms with Crippen LogP contribution in [0.3, 0.4) is 0 Å². The van der Waals surface area contributed by atoms with Gasteiger partial charge < -0.3 is 4.74 Å². The molecule has 2 aromatic carbocycles. The van der Waals surface area contributed by atoms with Crippen LogP contribution in [0.1, 0.15) is 25.0 Å². The molecule has 0 aliphatic carbocycles. The maximum atomic E-state index is 5.87. The van der Waals surface area contributed by atoms with Crippen molar-refractivity contribution in [1.82, 2.24) is 0 Å². The summed E-state index contributed by atoms with van der Waals surface area (Å²) in [5.74, 6) is 2.51. The molecule has 94 valence electrons. The lowest BCUT2D eigenvalue weighted by atomic mass is 10.0. The van der Waals surface area contributed by atoms with E-state index in [1.54, 1.807) is 0 Å². The fourth-order valence-electron chi connectivity index (χ4n) is 2.04. The Labute approximate surface area is 109 Å². The van der Waals surface area contributed by atoms with E-state index in [1.165, 1.54) is 11.1 Å². The molecule has 2 aromatic rings. The SMILES string of the molecule is Cc1cc(CC(C)C)ccc1Oc1ccccc1. The molecular formula is C17H20O. The fourth-order valence-corrected chi connectivity index (χ4v) is 2.04. The normalized spacial score (nSPS) is 10.7. The standard InChI is InChI=1S/C17H20O/c1-13(2)11-15-9-10-17(14(3)12-15)18-16-7-5-4-6-8-16/h4-10,12-13H,11H2,1-3H3. The summed E-state index contributed by atoms with van der Waals surface area (Å²) in [4.78, 5) is 0. The molecule has 0 saturated carbocycles. The maximum absolute atomic E-state index is 5.87. The van der Waals surface area contributed by atoms with E-state index < -0.39 is 0 Å². The maximum Gasteiger partial charge on any atom is 0.130 e. The summed E-state index contributed by atoms with van der Waals surface area (Å²) in [6.45, 7) is 6.58. The van der Waals surface area contributed by atoms with Crippen LogP contribution in [0.25, 0.3) is 0 Å². The van der Waals surface area contributed by atoms with Gasteiger partial charge in [-0.25, -0.2) is 0 Å². The summed E-state index contributed by atoms with van der Waals surface area (Å²) >= 11 is 0. The van der Waals surface area contributed by atoms with Crippen molar-refractivity contribution < 1.29 is 4.74 Å². The predicted molar refractivity (Wildman–Crippen MR) is 76.2 cm³/mol. The number of ether oxygens (including phenoxy) is 1. The van der Waals surface area contributed by atoms with Crippen LogP contribution in [0.4, 0.5) is 0 Å². The van der Waals surface area contributed by atoms with Crippen molar-refractivity contribution in [2.45, 2.75) is 27.2 Å². The molecule has 0 fully saturated rings. The average Bonchev–Trinajstić information content (AvgIpc) is 2.33. The molecule has 1 nitrogen and oxygen atoms in total. The summed E-state index contributed by atoms with van der Waals surface area (Å²) in [6, 6.07) is 16.4. The Morgan fingerprint density at radius 3 is 2.33 bits per heavy atom. The van der Waals surface area contributed by atoms with Crippen LogP contribution in [0.5, 0.6) is 11.5 Å². The van der Waals surface area contributed by atoms with Gasteiger partial charge in [0.1, 0.15) is 11.5 Å². The average molecular weight is 240 g/mol. The van der Waals surface area contributed by atoms with Gasteiger partial charge in [-0.15, -0.1) is 0 Å². The van der Waals surface area contributed by atoms with Gasteiger partial charge in [-0.05, 0) is 48.6 Å². The molecule has 0 aliphatic rings. The Hall–Kier alpha value is -1.76. The third kappa shape index (κ3) is 3.36. The molecule has 0 bridgehead atoms. The first kappa shape index (κ1) is 12.7. The van der Waals surface area contributed by atoms with Crippen LogP contribution in [-0.4, -0.2) is 0 Å². The van der Waals surface area contributed by atoms with Crippen molar-refractivity contribution in [1.29, 1.82) is 0 Å². The van der Waals surface area contributed by atoms with Gasteiger partial charge in [-0.3, -0.25) is 0 Å². The lowest BCUT2D eigenvalue weighted by Crippen LogP contribution is -1.95. The van der Waals surface area contributed by atoms with Gasteiger partial charge in [0.15, 0.2) is 0 Å². The third-order valence-corrected chi connectivity index (χ3v) is 2.85. The number of hydrogen-bond donors (Lipinski definition) is 0. The van der Waals surface area contributed by atoms with Crippen molar-refractivity contribution in [2.24, 2.45) is 5.92 Å². The zero-order valence-corrected chi connectivity index (χ0v) is 11.3. The van der Waals surface area contributed by atoms with E-state index >= 15 is 0 Å². The minimum Gasteiger partial charge on any atom is -0.457 e. The number of rotatable bonds is 4. The van der Waals surface area contributed by atoms with Crippen LogP contribution >= 0.6 is 0 Å². The first-order valence-electron chi connectivity index (χ1n) is 6.47. The molecule has 0 radical (unpaired) electrons. The van der Waals surface area contributed by atoms with Gasteiger partial charge >= 0.3 is 0 Å². The summed E-state index contributed by atoms with van der Waals surface area (Å²) in [5.41, 5.74) is 2.57. The summed E-state index contributed by atoms with van der Waals surface area (Å²) < 4.78 is 5.87. The van der Waals surface area contributed by atoms with Crippen LogP contribution in [0, 0.1) is 12.8 Å². The molecule has 18 heavy (non-hydrogen) atoms. The van der Waals surface area contributed by atoms with Gasteiger partial charge in [0.2, 0.25) is 0 Å². The second-order valence-electron chi connectivity index (χ2n) is 5.11. The Balaban J connectivity index is 2.15. The lowest BCUT2D eigenvalue weighted by Gasteiger charge is -2.11. The number of benzene rings is 2. The highest BCUT2D eigenvalue weighted by Crippen LogP contribution is 2.26. The number of para-hydroxylation sites is 1. The highest BCUT2D eigenvalue weighted by molar-refractivity contribution is 5.39. The topological polar surface area (TPSA) is 9.23 Å². The van der Waals surface area contributed by atoms with E-state index in [2.05, 4.69) is 39.0 Å².